The van der Waals surface area contributed by atoms with Crippen molar-refractivity contribution in [1.29, 1.82) is 0 Å². The molecule has 0 unspecified atom stereocenters. The lowest BCUT2D eigenvalue weighted by atomic mass is 9.95. The molecule has 7 nitrogen and oxygen atoms in total. The molecule has 2 amide bonds. The zero-order chi connectivity index (χ0) is 29.6. The third-order valence-corrected chi connectivity index (χ3v) is 10.1. The average Bonchev–Trinajstić information content (AvgIpc) is 2.96. The highest BCUT2D eigenvalue weighted by Crippen LogP contribution is 2.27. The number of halogens is 2. The largest absolute Gasteiger partial charge is 0.352 e. The first kappa shape index (κ1) is 31.1. The zero-order valence-electron chi connectivity index (χ0n) is 23.2. The maximum atomic E-state index is 14.1. The molecule has 3 aromatic rings. The Labute approximate surface area is 256 Å². The van der Waals surface area contributed by atoms with Crippen LogP contribution in [-0.4, -0.2) is 43.8 Å². The summed E-state index contributed by atoms with van der Waals surface area (Å²) in [5.74, 6) is -0.788. The Balaban J connectivity index is 1.68. The molecule has 0 spiro atoms. The van der Waals surface area contributed by atoms with Crippen LogP contribution in [0.4, 0.5) is 5.69 Å². The van der Waals surface area contributed by atoms with Crippen LogP contribution in [0.15, 0.2) is 82.2 Å². The fourth-order valence-corrected chi connectivity index (χ4v) is 6.81. The summed E-state index contributed by atoms with van der Waals surface area (Å²) in [6.07, 6.45) is 5.08. The number of hydrogen-bond acceptors (Lipinski definition) is 4. The van der Waals surface area contributed by atoms with E-state index >= 15 is 0 Å². The van der Waals surface area contributed by atoms with Gasteiger partial charge in [-0.3, -0.25) is 13.9 Å². The number of hydrogen-bond donors (Lipinski definition) is 1. The molecule has 0 aromatic heterocycles. The number of rotatable bonds is 10. The summed E-state index contributed by atoms with van der Waals surface area (Å²) < 4.78 is 29.7. The van der Waals surface area contributed by atoms with Crippen molar-refractivity contribution < 1.29 is 18.0 Å². The van der Waals surface area contributed by atoms with Gasteiger partial charge in [-0.25, -0.2) is 8.42 Å². The molecule has 3 aromatic carbocycles. The molecule has 0 saturated heterocycles. The lowest BCUT2D eigenvalue weighted by molar-refractivity contribution is -0.139. The van der Waals surface area contributed by atoms with Crippen LogP contribution in [-0.2, 0) is 26.2 Å². The van der Waals surface area contributed by atoms with Crippen LogP contribution in [0.2, 0.25) is 5.02 Å². The number of sulfonamides is 1. The Morgan fingerprint density at radius 2 is 1.61 bits per heavy atom. The van der Waals surface area contributed by atoms with E-state index in [-0.39, 0.29) is 23.4 Å². The van der Waals surface area contributed by atoms with Gasteiger partial charge in [-0.1, -0.05) is 82.7 Å². The van der Waals surface area contributed by atoms with Crippen molar-refractivity contribution >= 4 is 55.1 Å². The van der Waals surface area contributed by atoms with Crippen molar-refractivity contribution in [3.63, 3.8) is 0 Å². The van der Waals surface area contributed by atoms with E-state index in [1.807, 2.05) is 13.0 Å². The quantitative estimate of drug-likeness (QED) is 0.270. The minimum atomic E-state index is -4.12. The number of carbonyl (C=O) groups is 2. The van der Waals surface area contributed by atoms with Crippen molar-refractivity contribution in [3.8, 4) is 0 Å². The standard InChI is InChI=1S/C31H35BrClN3O4S/c1-22-12-18-28(19-13-22)41(39,40)36(27-16-14-25(32)15-17-27)21-30(37)35(20-24-8-6-7-11-29(24)33)23(2)31(38)34-26-9-4-3-5-10-26/h6-8,11-19,23,26H,3-5,9-10,20-21H2,1-2H3,(H,34,38)/t23-/m0/s1. The van der Waals surface area contributed by atoms with Gasteiger partial charge in [0.1, 0.15) is 12.6 Å². The Kier molecular flexibility index (Phi) is 10.5. The second kappa shape index (κ2) is 13.9. The summed E-state index contributed by atoms with van der Waals surface area (Å²) in [7, 11) is -4.12. The maximum Gasteiger partial charge on any atom is 0.264 e. The predicted octanol–water partition coefficient (Wildman–Crippen LogP) is 6.47. The molecule has 10 heteroatoms. The Morgan fingerprint density at radius 3 is 2.24 bits per heavy atom. The highest BCUT2D eigenvalue weighted by molar-refractivity contribution is 9.10. The molecule has 1 saturated carbocycles. The van der Waals surface area contributed by atoms with Gasteiger partial charge < -0.3 is 10.2 Å². The van der Waals surface area contributed by atoms with E-state index in [0.29, 0.717) is 16.3 Å². The fourth-order valence-electron chi connectivity index (χ4n) is 4.94. The number of nitrogens with zero attached hydrogens (tertiary/aromatic N) is 2. The number of nitrogens with one attached hydrogen (secondary N) is 1. The predicted molar refractivity (Wildman–Crippen MR) is 166 cm³/mol. The molecule has 0 radical (unpaired) electrons. The fraction of sp³-hybridized carbons (Fsp3) is 0.355. The van der Waals surface area contributed by atoms with Gasteiger partial charge in [-0.15, -0.1) is 0 Å². The summed E-state index contributed by atoms with van der Waals surface area (Å²) in [5, 5.41) is 3.56. The molecule has 0 aliphatic heterocycles. The minimum absolute atomic E-state index is 0.0521. The third-order valence-electron chi connectivity index (χ3n) is 7.42. The molecular weight excluding hydrogens is 626 g/mol. The first-order valence-electron chi connectivity index (χ1n) is 13.7. The molecule has 1 fully saturated rings. The molecule has 0 bridgehead atoms. The number of amides is 2. The summed E-state index contributed by atoms with van der Waals surface area (Å²) in [6, 6.07) is 19.6. The molecular formula is C31H35BrClN3O4S. The van der Waals surface area contributed by atoms with Crippen molar-refractivity contribution in [2.24, 2.45) is 0 Å². The molecule has 1 aliphatic carbocycles. The Bertz CT molecular complexity index is 1460. The number of aryl methyl sites for hydroxylation is 1. The van der Waals surface area contributed by atoms with Crippen molar-refractivity contribution in [3.05, 3.63) is 93.4 Å². The molecule has 1 N–H and O–H groups in total. The lowest BCUT2D eigenvalue weighted by Crippen LogP contribution is -2.53. The monoisotopic (exact) mass is 659 g/mol. The first-order chi connectivity index (χ1) is 19.6. The van der Waals surface area contributed by atoms with Crippen LogP contribution in [0, 0.1) is 6.92 Å². The smallest absolute Gasteiger partial charge is 0.264 e. The third kappa shape index (κ3) is 7.90. The van der Waals surface area contributed by atoms with Gasteiger partial charge in [0.05, 0.1) is 10.6 Å². The topological polar surface area (TPSA) is 86.8 Å². The van der Waals surface area contributed by atoms with E-state index in [2.05, 4.69) is 21.2 Å². The van der Waals surface area contributed by atoms with Gasteiger partial charge in [-0.05, 0) is 74.7 Å². The summed E-state index contributed by atoms with van der Waals surface area (Å²) in [6.45, 7) is 3.10. The summed E-state index contributed by atoms with van der Waals surface area (Å²) in [4.78, 5) is 28.9. The van der Waals surface area contributed by atoms with Crippen LogP contribution in [0.3, 0.4) is 0 Å². The van der Waals surface area contributed by atoms with E-state index in [1.165, 1.54) is 17.0 Å². The second-order valence-corrected chi connectivity index (χ2v) is 13.6. The molecule has 1 aliphatic rings. The summed E-state index contributed by atoms with van der Waals surface area (Å²) in [5.41, 5.74) is 1.91. The zero-order valence-corrected chi connectivity index (χ0v) is 26.4. The molecule has 218 valence electrons. The molecule has 41 heavy (non-hydrogen) atoms. The normalized spacial score (nSPS) is 14.7. The molecule has 1 atom stereocenters. The number of carbonyl (C=O) groups excluding carboxylic acids is 2. The van der Waals surface area contributed by atoms with E-state index in [9.17, 15) is 18.0 Å². The Hall–Kier alpha value is -2.88. The highest BCUT2D eigenvalue weighted by atomic mass is 79.9. The van der Waals surface area contributed by atoms with E-state index in [0.717, 1.165) is 46.4 Å². The average molecular weight is 661 g/mol. The van der Waals surface area contributed by atoms with Crippen LogP contribution in [0.25, 0.3) is 0 Å². The van der Waals surface area contributed by atoms with E-state index < -0.39 is 28.5 Å². The molecule has 4 rings (SSSR count). The van der Waals surface area contributed by atoms with Gasteiger partial charge in [0.25, 0.3) is 10.0 Å². The van der Waals surface area contributed by atoms with Gasteiger partial charge in [-0.2, -0.15) is 0 Å². The lowest BCUT2D eigenvalue weighted by Gasteiger charge is -2.33. The number of anilines is 1. The van der Waals surface area contributed by atoms with Crippen LogP contribution < -0.4 is 9.62 Å². The van der Waals surface area contributed by atoms with Crippen molar-refractivity contribution in [2.45, 2.75) is 69.5 Å². The van der Waals surface area contributed by atoms with E-state index in [1.54, 1.807) is 61.5 Å². The van der Waals surface area contributed by atoms with Crippen molar-refractivity contribution in [1.82, 2.24) is 10.2 Å². The number of benzene rings is 3. The van der Waals surface area contributed by atoms with E-state index in [4.69, 9.17) is 11.6 Å². The first-order valence-corrected chi connectivity index (χ1v) is 16.4. The van der Waals surface area contributed by atoms with Gasteiger partial charge in [0.15, 0.2) is 0 Å². The summed E-state index contributed by atoms with van der Waals surface area (Å²) >= 11 is 9.84. The Morgan fingerprint density at radius 1 is 0.976 bits per heavy atom. The maximum absolute atomic E-state index is 14.1. The SMILES string of the molecule is Cc1ccc(S(=O)(=O)N(CC(=O)N(Cc2ccccc2Cl)[C@@H](C)C(=O)NC2CCCCC2)c2ccc(Br)cc2)cc1. The van der Waals surface area contributed by atoms with Crippen LogP contribution in [0.1, 0.15) is 50.2 Å². The minimum Gasteiger partial charge on any atom is -0.352 e. The van der Waals surface area contributed by atoms with Gasteiger partial charge in [0, 0.05) is 22.1 Å². The van der Waals surface area contributed by atoms with Gasteiger partial charge >= 0.3 is 0 Å². The second-order valence-electron chi connectivity index (χ2n) is 10.4. The van der Waals surface area contributed by atoms with Crippen LogP contribution in [0.5, 0.6) is 0 Å². The van der Waals surface area contributed by atoms with Crippen LogP contribution >= 0.6 is 27.5 Å². The van der Waals surface area contributed by atoms with Crippen molar-refractivity contribution in [2.75, 3.05) is 10.8 Å². The highest BCUT2D eigenvalue weighted by Gasteiger charge is 2.33. The van der Waals surface area contributed by atoms with Gasteiger partial charge in [0.2, 0.25) is 11.8 Å². The molecule has 0 heterocycles.